The van der Waals surface area contributed by atoms with Gasteiger partial charge in [0.25, 0.3) is 11.6 Å². The van der Waals surface area contributed by atoms with Crippen molar-refractivity contribution in [3.8, 4) is 17.7 Å². The van der Waals surface area contributed by atoms with E-state index in [-0.39, 0.29) is 18.0 Å². The number of nitrogens with zero attached hydrogens (tertiary/aromatic N) is 4. The minimum atomic E-state index is -0.541. The van der Waals surface area contributed by atoms with E-state index in [1.54, 1.807) is 30.3 Å². The number of pyridine rings is 1. The molecule has 0 atom stereocenters. The number of amides is 1. The van der Waals surface area contributed by atoms with Gasteiger partial charge in [-0.25, -0.2) is 10.4 Å². The van der Waals surface area contributed by atoms with Gasteiger partial charge in [-0.1, -0.05) is 0 Å². The van der Waals surface area contributed by atoms with Crippen molar-refractivity contribution in [1.29, 1.82) is 5.26 Å². The van der Waals surface area contributed by atoms with E-state index in [0.29, 0.717) is 11.3 Å². The third-order valence-electron chi connectivity index (χ3n) is 2.68. The highest BCUT2D eigenvalue weighted by molar-refractivity contribution is 5.83. The van der Waals surface area contributed by atoms with Crippen molar-refractivity contribution in [2.24, 2.45) is 5.10 Å². The quantitative estimate of drug-likeness (QED) is 0.492. The Kier molecular flexibility index (Phi) is 5.52. The van der Waals surface area contributed by atoms with Crippen LogP contribution >= 0.6 is 0 Å². The number of nitriles is 1. The van der Waals surface area contributed by atoms with Crippen molar-refractivity contribution in [2.45, 2.75) is 6.42 Å². The number of aromatic nitrogens is 1. The van der Waals surface area contributed by atoms with Crippen molar-refractivity contribution < 1.29 is 14.5 Å². The van der Waals surface area contributed by atoms with E-state index in [2.05, 4.69) is 15.5 Å². The highest BCUT2D eigenvalue weighted by Crippen LogP contribution is 2.21. The Morgan fingerprint density at radius 1 is 1.38 bits per heavy atom. The average molecular weight is 325 g/mol. The minimum Gasteiger partial charge on any atom is -0.439 e. The predicted molar refractivity (Wildman–Crippen MR) is 83.4 cm³/mol. The van der Waals surface area contributed by atoms with Crippen LogP contribution in [0.25, 0.3) is 0 Å². The predicted octanol–water partition coefficient (Wildman–Crippen LogP) is 2.15. The summed E-state index contributed by atoms with van der Waals surface area (Å²) in [5.41, 5.74) is 2.80. The largest absolute Gasteiger partial charge is 0.439 e. The van der Waals surface area contributed by atoms with Gasteiger partial charge in [0.15, 0.2) is 0 Å². The summed E-state index contributed by atoms with van der Waals surface area (Å²) in [5.74, 6) is 0.228. The molecule has 0 spiro atoms. The molecule has 1 N–H and O–H groups in total. The van der Waals surface area contributed by atoms with E-state index in [4.69, 9.17) is 10.00 Å². The van der Waals surface area contributed by atoms with E-state index < -0.39 is 10.8 Å². The number of carbonyl (C=O) groups is 1. The summed E-state index contributed by atoms with van der Waals surface area (Å²) in [6.45, 7) is 0. The molecule has 2 rings (SSSR count). The zero-order valence-electron chi connectivity index (χ0n) is 12.2. The van der Waals surface area contributed by atoms with Crippen LogP contribution in [0.2, 0.25) is 0 Å². The molecule has 0 unspecified atom stereocenters. The summed E-state index contributed by atoms with van der Waals surface area (Å²) in [6, 6.07) is 11.1. The molecule has 0 aliphatic carbocycles. The van der Waals surface area contributed by atoms with E-state index in [0.717, 1.165) is 6.20 Å². The molecule has 9 heteroatoms. The van der Waals surface area contributed by atoms with Crippen LogP contribution in [-0.4, -0.2) is 22.0 Å². The highest BCUT2D eigenvalue weighted by atomic mass is 16.6. The Hall–Kier alpha value is -3.80. The molecule has 0 radical (unpaired) electrons. The van der Waals surface area contributed by atoms with Gasteiger partial charge in [-0.2, -0.15) is 10.4 Å². The molecule has 1 aromatic heterocycles. The molecule has 1 amide bonds. The molecule has 0 aliphatic rings. The molecule has 0 saturated carbocycles. The molecule has 0 aliphatic heterocycles. The molecule has 9 nitrogen and oxygen atoms in total. The molecule has 24 heavy (non-hydrogen) atoms. The highest BCUT2D eigenvalue weighted by Gasteiger charge is 2.06. The van der Waals surface area contributed by atoms with Gasteiger partial charge >= 0.3 is 0 Å². The first-order valence-electron chi connectivity index (χ1n) is 6.65. The second-order valence-electron chi connectivity index (χ2n) is 4.41. The van der Waals surface area contributed by atoms with Crippen molar-refractivity contribution in [3.63, 3.8) is 0 Å². The van der Waals surface area contributed by atoms with Gasteiger partial charge in [-0.15, -0.1) is 0 Å². The summed E-state index contributed by atoms with van der Waals surface area (Å²) < 4.78 is 5.46. The molecule has 120 valence electrons. The van der Waals surface area contributed by atoms with Crippen LogP contribution in [0.15, 0.2) is 47.7 Å². The number of benzene rings is 1. The molecular formula is C15H11N5O4. The van der Waals surface area contributed by atoms with Crippen molar-refractivity contribution in [2.75, 3.05) is 0 Å². The summed E-state index contributed by atoms with van der Waals surface area (Å²) in [5, 5.41) is 22.6. The molecule has 1 aromatic carbocycles. The maximum absolute atomic E-state index is 11.0. The fourth-order valence-corrected chi connectivity index (χ4v) is 1.57. The third-order valence-corrected chi connectivity index (χ3v) is 2.68. The molecule has 2 aromatic rings. The number of carbonyl (C=O) groups excluding carboxylic acids is 1. The number of hydrogen-bond acceptors (Lipinski definition) is 7. The van der Waals surface area contributed by atoms with Crippen LogP contribution in [0.5, 0.6) is 11.6 Å². The maximum atomic E-state index is 11.0. The van der Waals surface area contributed by atoms with Crippen LogP contribution in [0.1, 0.15) is 12.0 Å². The molecule has 1 heterocycles. The first-order valence-corrected chi connectivity index (χ1v) is 6.65. The van der Waals surface area contributed by atoms with Crippen molar-refractivity contribution >= 4 is 17.8 Å². The van der Waals surface area contributed by atoms with E-state index in [1.165, 1.54) is 18.3 Å². The number of hydrogen-bond donors (Lipinski definition) is 1. The molecular weight excluding hydrogens is 314 g/mol. The van der Waals surface area contributed by atoms with Gasteiger partial charge < -0.3 is 4.74 Å². The molecule has 0 fully saturated rings. The Bertz CT molecular complexity index is 794. The van der Waals surface area contributed by atoms with E-state index >= 15 is 0 Å². The summed E-state index contributed by atoms with van der Waals surface area (Å²) in [7, 11) is 0. The lowest BCUT2D eigenvalue weighted by Crippen LogP contribution is -2.16. The first kappa shape index (κ1) is 16.6. The second kappa shape index (κ2) is 8.00. The molecule has 0 saturated heterocycles. The van der Waals surface area contributed by atoms with Gasteiger partial charge in [0.05, 0.1) is 17.2 Å². The van der Waals surface area contributed by atoms with Crippen LogP contribution in [0, 0.1) is 21.4 Å². The van der Waals surface area contributed by atoms with Crippen molar-refractivity contribution in [1.82, 2.24) is 10.4 Å². The van der Waals surface area contributed by atoms with Crippen LogP contribution in [0.4, 0.5) is 5.69 Å². The number of ether oxygens (including phenoxy) is 1. The van der Waals surface area contributed by atoms with Gasteiger partial charge in [0, 0.05) is 12.1 Å². The fraction of sp³-hybridized carbons (Fsp3) is 0.0667. The lowest BCUT2D eigenvalue weighted by atomic mass is 10.2. The zero-order chi connectivity index (χ0) is 17.4. The van der Waals surface area contributed by atoms with Gasteiger partial charge in [-0.05, 0) is 29.8 Å². The Morgan fingerprint density at radius 3 is 2.71 bits per heavy atom. The second-order valence-corrected chi connectivity index (χ2v) is 4.41. The van der Waals surface area contributed by atoms with Gasteiger partial charge in [0.1, 0.15) is 18.4 Å². The number of rotatable bonds is 6. The number of hydrazone groups is 1. The number of nitro groups is 1. The first-order chi connectivity index (χ1) is 11.6. The zero-order valence-corrected chi connectivity index (χ0v) is 12.2. The summed E-state index contributed by atoms with van der Waals surface area (Å²) >= 11 is 0. The summed E-state index contributed by atoms with van der Waals surface area (Å²) in [6.07, 6.45) is 2.27. The smallest absolute Gasteiger partial charge is 0.287 e. The normalized spacial score (nSPS) is 10.1. The van der Waals surface area contributed by atoms with Crippen LogP contribution < -0.4 is 10.2 Å². The van der Waals surface area contributed by atoms with Crippen molar-refractivity contribution in [3.05, 3.63) is 58.3 Å². The lowest BCUT2D eigenvalue weighted by molar-refractivity contribution is -0.385. The van der Waals surface area contributed by atoms with Crippen LogP contribution in [0.3, 0.4) is 0 Å². The summed E-state index contributed by atoms with van der Waals surface area (Å²) in [4.78, 5) is 24.9. The van der Waals surface area contributed by atoms with Crippen LogP contribution in [-0.2, 0) is 4.79 Å². The monoisotopic (exact) mass is 325 g/mol. The topological polar surface area (TPSA) is 131 Å². The third kappa shape index (κ3) is 4.88. The standard InChI is InChI=1S/C15H11N5O4/c16-8-7-14(21)19-18-9-11-1-4-13(5-2-11)24-15-6-3-12(10-17-15)20(22)23/h1-6,9-10H,7H2,(H,19,21)/b18-9-. The van der Waals surface area contributed by atoms with E-state index in [1.807, 2.05) is 0 Å². The number of nitrogens with one attached hydrogen (secondary N) is 1. The van der Waals surface area contributed by atoms with E-state index in [9.17, 15) is 14.9 Å². The Balaban J connectivity index is 1.94. The Morgan fingerprint density at radius 2 is 2.12 bits per heavy atom. The SMILES string of the molecule is N#CCC(=O)N/N=C\c1ccc(Oc2ccc([N+](=O)[O-])cn2)cc1. The fourth-order valence-electron chi connectivity index (χ4n) is 1.57. The minimum absolute atomic E-state index is 0.118. The lowest BCUT2D eigenvalue weighted by Gasteiger charge is -2.04. The van der Waals surface area contributed by atoms with Gasteiger partial charge in [-0.3, -0.25) is 14.9 Å². The van der Waals surface area contributed by atoms with Gasteiger partial charge in [0.2, 0.25) is 5.88 Å². The maximum Gasteiger partial charge on any atom is 0.287 e. The Labute approximate surface area is 136 Å². The average Bonchev–Trinajstić information content (AvgIpc) is 2.57. The molecule has 0 bridgehead atoms.